The van der Waals surface area contributed by atoms with Crippen molar-refractivity contribution in [3.8, 4) is 0 Å². The Labute approximate surface area is 110 Å². The van der Waals surface area contributed by atoms with Crippen molar-refractivity contribution in [1.29, 1.82) is 0 Å². The van der Waals surface area contributed by atoms with E-state index in [0.29, 0.717) is 12.1 Å². The van der Waals surface area contributed by atoms with Crippen LogP contribution in [-0.2, 0) is 11.3 Å². The molecule has 1 aliphatic rings. The van der Waals surface area contributed by atoms with Gasteiger partial charge in [-0.05, 0) is 47.3 Å². The minimum Gasteiger partial charge on any atom is -0.352 e. The van der Waals surface area contributed by atoms with Crippen LogP contribution < -0.4 is 11.1 Å². The van der Waals surface area contributed by atoms with E-state index in [4.69, 9.17) is 5.73 Å². The first-order valence-electron chi connectivity index (χ1n) is 6.47. The summed E-state index contributed by atoms with van der Waals surface area (Å²) in [5.41, 5.74) is 8.22. The maximum absolute atomic E-state index is 12.0. The van der Waals surface area contributed by atoms with Crippen LogP contribution in [-0.4, -0.2) is 22.3 Å². The van der Waals surface area contributed by atoms with Crippen LogP contribution in [0.4, 0.5) is 0 Å². The molecule has 6 nitrogen and oxygen atoms in total. The van der Waals surface area contributed by atoms with Gasteiger partial charge in [0.25, 0.3) is 0 Å². The van der Waals surface area contributed by atoms with Crippen molar-refractivity contribution in [2.24, 2.45) is 11.7 Å². The summed E-state index contributed by atoms with van der Waals surface area (Å²) in [7, 11) is 0. The molecule has 0 radical (unpaired) electrons. The van der Waals surface area contributed by atoms with E-state index in [-0.39, 0.29) is 17.9 Å². The summed E-state index contributed by atoms with van der Waals surface area (Å²) < 4.78 is 4.64. The smallest absolute Gasteiger partial charge is 0.223 e. The summed E-state index contributed by atoms with van der Waals surface area (Å²) in [5.74, 6) is 0.152. The summed E-state index contributed by atoms with van der Waals surface area (Å²) in [4.78, 5) is 12.0. The molecule has 2 atom stereocenters. The topological polar surface area (TPSA) is 94.0 Å². The number of carbonyl (C=O) groups excluding carboxylic acids is 1. The molecule has 0 spiro atoms. The predicted molar refractivity (Wildman–Crippen MR) is 69.0 cm³/mol. The summed E-state index contributed by atoms with van der Waals surface area (Å²) in [6.45, 7) is 0.493. The van der Waals surface area contributed by atoms with Crippen LogP contribution in [0, 0.1) is 5.92 Å². The zero-order chi connectivity index (χ0) is 13.2. The lowest BCUT2D eigenvalue weighted by molar-refractivity contribution is -0.125. The van der Waals surface area contributed by atoms with Gasteiger partial charge in [0, 0.05) is 18.5 Å². The Morgan fingerprint density at radius 1 is 1.37 bits per heavy atom. The van der Waals surface area contributed by atoms with E-state index in [1.165, 1.54) is 0 Å². The first-order valence-corrected chi connectivity index (χ1v) is 6.47. The van der Waals surface area contributed by atoms with E-state index in [9.17, 15) is 4.79 Å². The lowest BCUT2D eigenvalue weighted by atomic mass is 10.1. The molecule has 3 rings (SSSR count). The van der Waals surface area contributed by atoms with E-state index in [0.717, 1.165) is 30.3 Å². The number of carbonyl (C=O) groups is 1. The summed E-state index contributed by atoms with van der Waals surface area (Å²) in [6, 6.07) is 5.78. The van der Waals surface area contributed by atoms with E-state index >= 15 is 0 Å². The molecule has 1 heterocycles. The average Bonchev–Trinajstić information content (AvgIpc) is 3.03. The Morgan fingerprint density at radius 2 is 2.21 bits per heavy atom. The van der Waals surface area contributed by atoms with Gasteiger partial charge in [-0.3, -0.25) is 4.79 Å². The van der Waals surface area contributed by atoms with Crippen molar-refractivity contribution in [3.63, 3.8) is 0 Å². The lowest BCUT2D eigenvalue weighted by Gasteiger charge is -2.10. The zero-order valence-electron chi connectivity index (χ0n) is 10.5. The molecule has 1 aromatic heterocycles. The highest BCUT2D eigenvalue weighted by molar-refractivity contribution is 5.79. The fourth-order valence-electron chi connectivity index (χ4n) is 2.53. The number of rotatable bonds is 3. The maximum atomic E-state index is 12.0. The Morgan fingerprint density at radius 3 is 3.00 bits per heavy atom. The molecule has 6 heteroatoms. The first-order chi connectivity index (χ1) is 9.22. The van der Waals surface area contributed by atoms with Gasteiger partial charge in [0.05, 0.1) is 0 Å². The molecule has 1 aromatic carbocycles. The number of nitrogens with zero attached hydrogens (tertiary/aromatic N) is 2. The van der Waals surface area contributed by atoms with Crippen LogP contribution in [0.5, 0.6) is 0 Å². The number of fused-ring (bicyclic) bond motifs is 1. The van der Waals surface area contributed by atoms with Crippen LogP contribution in [0.3, 0.4) is 0 Å². The zero-order valence-corrected chi connectivity index (χ0v) is 10.5. The van der Waals surface area contributed by atoms with Gasteiger partial charge >= 0.3 is 0 Å². The molecular weight excluding hydrogens is 244 g/mol. The third-order valence-electron chi connectivity index (χ3n) is 3.63. The van der Waals surface area contributed by atoms with Crippen LogP contribution in [0.2, 0.25) is 0 Å². The average molecular weight is 260 g/mol. The quantitative estimate of drug-likeness (QED) is 0.857. The molecule has 0 aliphatic heterocycles. The minimum absolute atomic E-state index is 0.0625. The molecule has 0 bridgehead atoms. The molecule has 1 saturated carbocycles. The highest BCUT2D eigenvalue weighted by Gasteiger charge is 2.27. The molecule has 19 heavy (non-hydrogen) atoms. The molecule has 2 aromatic rings. The highest BCUT2D eigenvalue weighted by atomic mass is 16.6. The van der Waals surface area contributed by atoms with Crippen LogP contribution in [0.1, 0.15) is 24.8 Å². The van der Waals surface area contributed by atoms with E-state index in [2.05, 4.69) is 20.3 Å². The van der Waals surface area contributed by atoms with Crippen molar-refractivity contribution in [2.75, 3.05) is 0 Å². The Kier molecular flexibility index (Phi) is 3.16. The number of amides is 1. The van der Waals surface area contributed by atoms with Crippen molar-refractivity contribution in [2.45, 2.75) is 31.8 Å². The second-order valence-corrected chi connectivity index (χ2v) is 5.08. The number of aromatic nitrogens is 2. The van der Waals surface area contributed by atoms with Gasteiger partial charge in [-0.25, -0.2) is 4.63 Å². The summed E-state index contributed by atoms with van der Waals surface area (Å²) in [5, 5.41) is 10.5. The fraction of sp³-hybridized carbons (Fsp3) is 0.462. The number of hydrogen-bond donors (Lipinski definition) is 2. The van der Waals surface area contributed by atoms with Gasteiger partial charge < -0.3 is 11.1 Å². The number of benzene rings is 1. The minimum atomic E-state index is 0.0625. The van der Waals surface area contributed by atoms with Crippen molar-refractivity contribution in [1.82, 2.24) is 15.6 Å². The van der Waals surface area contributed by atoms with Gasteiger partial charge in [0.15, 0.2) is 0 Å². The van der Waals surface area contributed by atoms with Crippen molar-refractivity contribution >= 4 is 16.9 Å². The van der Waals surface area contributed by atoms with Crippen LogP contribution >= 0.6 is 0 Å². The summed E-state index contributed by atoms with van der Waals surface area (Å²) in [6.07, 6.45) is 2.62. The molecule has 100 valence electrons. The largest absolute Gasteiger partial charge is 0.352 e. The summed E-state index contributed by atoms with van der Waals surface area (Å²) >= 11 is 0. The van der Waals surface area contributed by atoms with Gasteiger partial charge in [-0.1, -0.05) is 6.07 Å². The SMILES string of the molecule is N[C@@H]1CC[C@H](C(=O)NCc2ccc3nonc3c2)C1. The molecule has 0 saturated heterocycles. The predicted octanol–water partition coefficient (Wildman–Crippen LogP) is 0.966. The van der Waals surface area contributed by atoms with Crippen LogP contribution in [0.25, 0.3) is 11.0 Å². The maximum Gasteiger partial charge on any atom is 0.223 e. The second-order valence-electron chi connectivity index (χ2n) is 5.08. The second kappa shape index (κ2) is 4.97. The highest BCUT2D eigenvalue weighted by Crippen LogP contribution is 2.24. The Bertz CT molecular complexity index is 595. The lowest BCUT2D eigenvalue weighted by Crippen LogP contribution is -2.29. The fourth-order valence-corrected chi connectivity index (χ4v) is 2.53. The van der Waals surface area contributed by atoms with Crippen LogP contribution in [0.15, 0.2) is 22.8 Å². The van der Waals surface area contributed by atoms with Crippen molar-refractivity contribution in [3.05, 3.63) is 23.8 Å². The number of nitrogens with two attached hydrogens (primary N) is 1. The Hall–Kier alpha value is -1.95. The first kappa shape index (κ1) is 12.1. The van der Waals surface area contributed by atoms with Gasteiger partial charge in [-0.15, -0.1) is 0 Å². The van der Waals surface area contributed by atoms with E-state index in [1.807, 2.05) is 18.2 Å². The van der Waals surface area contributed by atoms with E-state index in [1.54, 1.807) is 0 Å². The molecule has 1 fully saturated rings. The molecule has 1 aliphatic carbocycles. The monoisotopic (exact) mass is 260 g/mol. The Balaban J connectivity index is 1.60. The third kappa shape index (κ3) is 2.58. The molecular formula is C13H16N4O2. The van der Waals surface area contributed by atoms with Gasteiger partial charge in [-0.2, -0.15) is 0 Å². The number of nitrogens with one attached hydrogen (secondary N) is 1. The van der Waals surface area contributed by atoms with Crippen molar-refractivity contribution < 1.29 is 9.42 Å². The number of hydrogen-bond acceptors (Lipinski definition) is 5. The molecule has 3 N–H and O–H groups in total. The standard InChI is InChI=1S/C13H16N4O2/c14-10-3-2-9(6-10)13(18)15-7-8-1-4-11-12(5-8)17-19-16-11/h1,4-5,9-10H,2-3,6-7,14H2,(H,15,18)/t9-,10+/m0/s1. The van der Waals surface area contributed by atoms with Gasteiger partial charge in [0.1, 0.15) is 11.0 Å². The molecule has 0 unspecified atom stereocenters. The molecule has 1 amide bonds. The third-order valence-corrected chi connectivity index (χ3v) is 3.63. The van der Waals surface area contributed by atoms with E-state index < -0.39 is 0 Å². The normalized spacial score (nSPS) is 22.8. The van der Waals surface area contributed by atoms with Gasteiger partial charge in [0.2, 0.25) is 5.91 Å².